The minimum absolute atomic E-state index is 0.211. The van der Waals surface area contributed by atoms with Gasteiger partial charge in [0.2, 0.25) is 0 Å². The average molecular weight is 297 g/mol. The Kier molecular flexibility index (Phi) is 4.95. The third-order valence-corrected chi connectivity index (χ3v) is 10.5. The average Bonchev–Trinajstić information content (AvgIpc) is 2.27. The lowest BCUT2D eigenvalue weighted by Crippen LogP contribution is -2.39. The normalized spacial score (nSPS) is 23.9. The summed E-state index contributed by atoms with van der Waals surface area (Å²) in [4.78, 5) is 11.6. The van der Waals surface area contributed by atoms with Crippen LogP contribution in [-0.2, 0) is 4.79 Å². The highest BCUT2D eigenvalue weighted by atomic mass is 28.3. The van der Waals surface area contributed by atoms with Crippen molar-refractivity contribution in [2.24, 2.45) is 11.3 Å². The molecule has 0 amide bonds. The van der Waals surface area contributed by atoms with Crippen molar-refractivity contribution < 1.29 is 9.90 Å². The molecule has 0 heterocycles. The number of carboxylic acid groups (broad SMARTS) is 1. The molecule has 116 valence electrons. The molecule has 1 rings (SSSR count). The smallest absolute Gasteiger partial charge is 0.309 e. The minimum atomic E-state index is -1.50. The van der Waals surface area contributed by atoms with Crippen molar-refractivity contribution in [1.29, 1.82) is 0 Å². The first-order valence-corrected chi connectivity index (χ1v) is 10.9. The Morgan fingerprint density at radius 2 is 1.75 bits per heavy atom. The molecule has 0 aromatic rings. The fourth-order valence-corrected chi connectivity index (χ4v) is 4.57. The van der Waals surface area contributed by atoms with Crippen molar-refractivity contribution in [2.45, 2.75) is 78.4 Å². The van der Waals surface area contributed by atoms with Gasteiger partial charge in [-0.3, -0.25) is 4.79 Å². The van der Waals surface area contributed by atoms with E-state index in [9.17, 15) is 9.90 Å². The standard InChI is InChI=1S/C17H32O2Si/c1-16(2,3)20(6,7)12-13-10-8-9-11-14(13)17(4,5)15(18)19/h12,14H,8-11H2,1-7H3,(H,18,19)/b13-12+. The summed E-state index contributed by atoms with van der Waals surface area (Å²) in [6.07, 6.45) is 4.50. The van der Waals surface area contributed by atoms with E-state index in [4.69, 9.17) is 0 Å². The van der Waals surface area contributed by atoms with E-state index in [-0.39, 0.29) is 5.92 Å². The molecular weight excluding hydrogens is 264 g/mol. The topological polar surface area (TPSA) is 37.3 Å². The van der Waals surface area contributed by atoms with Gasteiger partial charge in [0.05, 0.1) is 13.5 Å². The number of rotatable bonds is 3. The molecule has 1 aliphatic carbocycles. The highest BCUT2D eigenvalue weighted by molar-refractivity contribution is 6.84. The Bertz CT molecular complexity index is 400. The van der Waals surface area contributed by atoms with Gasteiger partial charge in [-0.2, -0.15) is 0 Å². The van der Waals surface area contributed by atoms with Crippen LogP contribution < -0.4 is 0 Å². The van der Waals surface area contributed by atoms with Crippen LogP contribution in [0.4, 0.5) is 0 Å². The quantitative estimate of drug-likeness (QED) is 0.721. The minimum Gasteiger partial charge on any atom is -0.481 e. The van der Waals surface area contributed by atoms with E-state index in [2.05, 4.69) is 39.6 Å². The van der Waals surface area contributed by atoms with Crippen molar-refractivity contribution in [3.8, 4) is 0 Å². The molecule has 1 saturated carbocycles. The largest absolute Gasteiger partial charge is 0.481 e. The van der Waals surface area contributed by atoms with Gasteiger partial charge in [-0.1, -0.05) is 51.6 Å². The van der Waals surface area contributed by atoms with Crippen LogP contribution in [0.2, 0.25) is 18.1 Å². The molecule has 0 aliphatic heterocycles. The second kappa shape index (κ2) is 5.67. The van der Waals surface area contributed by atoms with E-state index in [1.54, 1.807) is 0 Å². The number of hydrogen-bond acceptors (Lipinski definition) is 1. The summed E-state index contributed by atoms with van der Waals surface area (Å²) in [6, 6.07) is 0. The van der Waals surface area contributed by atoms with E-state index in [1.807, 2.05) is 13.8 Å². The Labute approximate surface area is 125 Å². The van der Waals surface area contributed by atoms with E-state index in [0.717, 1.165) is 19.3 Å². The third kappa shape index (κ3) is 3.54. The molecular formula is C17H32O2Si. The molecule has 3 heteroatoms. The molecule has 0 spiro atoms. The third-order valence-electron chi connectivity index (χ3n) is 5.56. The molecule has 1 N–H and O–H groups in total. The molecule has 0 radical (unpaired) electrons. The molecule has 1 aliphatic rings. The van der Waals surface area contributed by atoms with Crippen LogP contribution in [0.15, 0.2) is 11.3 Å². The summed E-state index contributed by atoms with van der Waals surface area (Å²) in [6.45, 7) is 15.5. The number of carbonyl (C=O) groups is 1. The van der Waals surface area contributed by atoms with Gasteiger partial charge in [-0.05, 0) is 44.1 Å². The van der Waals surface area contributed by atoms with Crippen molar-refractivity contribution in [1.82, 2.24) is 0 Å². The first kappa shape index (κ1) is 17.5. The lowest BCUT2D eigenvalue weighted by Gasteiger charge is -2.40. The highest BCUT2D eigenvalue weighted by Crippen LogP contribution is 2.45. The Balaban J connectivity index is 3.16. The summed E-state index contributed by atoms with van der Waals surface area (Å²) >= 11 is 0. The maximum absolute atomic E-state index is 11.6. The van der Waals surface area contributed by atoms with E-state index < -0.39 is 19.5 Å². The lowest BCUT2D eigenvalue weighted by molar-refractivity contribution is -0.149. The first-order valence-electron chi connectivity index (χ1n) is 7.84. The number of allylic oxidation sites excluding steroid dienone is 1. The fourth-order valence-electron chi connectivity index (χ4n) is 2.86. The van der Waals surface area contributed by atoms with Crippen LogP contribution in [0.1, 0.15) is 60.3 Å². The maximum atomic E-state index is 11.6. The molecule has 0 aromatic heterocycles. The van der Waals surface area contributed by atoms with Crippen molar-refractivity contribution >= 4 is 14.0 Å². The zero-order valence-corrected chi connectivity index (χ0v) is 15.3. The van der Waals surface area contributed by atoms with Gasteiger partial charge < -0.3 is 5.11 Å². The van der Waals surface area contributed by atoms with Crippen molar-refractivity contribution in [2.75, 3.05) is 0 Å². The van der Waals surface area contributed by atoms with Gasteiger partial charge in [0.1, 0.15) is 0 Å². The zero-order chi connectivity index (χ0) is 15.8. The van der Waals surface area contributed by atoms with E-state index in [0.29, 0.717) is 5.04 Å². The Hall–Kier alpha value is -0.573. The van der Waals surface area contributed by atoms with Crippen molar-refractivity contribution in [3.05, 3.63) is 11.3 Å². The van der Waals surface area contributed by atoms with E-state index >= 15 is 0 Å². The predicted molar refractivity (Wildman–Crippen MR) is 88.7 cm³/mol. The summed E-state index contributed by atoms with van der Waals surface area (Å²) in [5, 5.41) is 9.87. The maximum Gasteiger partial charge on any atom is 0.309 e. The van der Waals surface area contributed by atoms with Gasteiger partial charge in [0.15, 0.2) is 0 Å². The number of carboxylic acids is 1. The lowest BCUT2D eigenvalue weighted by atomic mass is 9.69. The molecule has 0 saturated heterocycles. The van der Waals surface area contributed by atoms with Gasteiger partial charge in [-0.25, -0.2) is 0 Å². The second-order valence-corrected chi connectivity index (χ2v) is 13.7. The summed E-state index contributed by atoms with van der Waals surface area (Å²) in [5.41, 5.74) is 3.30. The van der Waals surface area contributed by atoms with Gasteiger partial charge in [0.25, 0.3) is 0 Å². The molecule has 1 atom stereocenters. The van der Waals surface area contributed by atoms with Crippen molar-refractivity contribution in [3.63, 3.8) is 0 Å². The van der Waals surface area contributed by atoms with Crippen LogP contribution in [0.25, 0.3) is 0 Å². The van der Waals surface area contributed by atoms with Crippen LogP contribution in [0, 0.1) is 11.3 Å². The molecule has 0 aromatic carbocycles. The predicted octanol–water partition coefficient (Wildman–Crippen LogP) is 5.26. The van der Waals surface area contributed by atoms with Crippen LogP contribution >= 0.6 is 0 Å². The SMILES string of the molecule is CC(C)(C(=O)O)C1CCCC/C1=C\[Si](C)(C)C(C)(C)C. The van der Waals surface area contributed by atoms with E-state index in [1.165, 1.54) is 12.0 Å². The molecule has 2 nitrogen and oxygen atoms in total. The van der Waals surface area contributed by atoms with Crippen LogP contribution in [-0.4, -0.2) is 19.1 Å². The van der Waals surface area contributed by atoms with Gasteiger partial charge >= 0.3 is 5.97 Å². The number of aliphatic carboxylic acids is 1. The monoisotopic (exact) mass is 296 g/mol. The number of hydrogen-bond donors (Lipinski definition) is 1. The molecule has 1 fully saturated rings. The fraction of sp³-hybridized carbons (Fsp3) is 0.824. The summed E-state index contributed by atoms with van der Waals surface area (Å²) < 4.78 is 0. The first-order chi connectivity index (χ1) is 8.89. The summed E-state index contributed by atoms with van der Waals surface area (Å²) in [7, 11) is -1.50. The summed E-state index contributed by atoms with van der Waals surface area (Å²) in [5.74, 6) is -0.451. The van der Waals surface area contributed by atoms with Crippen LogP contribution in [0.5, 0.6) is 0 Å². The Morgan fingerprint density at radius 1 is 1.20 bits per heavy atom. The molecule has 0 bridgehead atoms. The Morgan fingerprint density at radius 3 is 2.20 bits per heavy atom. The van der Waals surface area contributed by atoms with Crippen LogP contribution in [0.3, 0.4) is 0 Å². The zero-order valence-electron chi connectivity index (χ0n) is 14.3. The molecule has 20 heavy (non-hydrogen) atoms. The molecule has 1 unspecified atom stereocenters. The van der Waals surface area contributed by atoms with Gasteiger partial charge in [0, 0.05) is 0 Å². The van der Waals surface area contributed by atoms with Gasteiger partial charge in [-0.15, -0.1) is 0 Å². The second-order valence-electron chi connectivity index (χ2n) is 8.52. The highest BCUT2D eigenvalue weighted by Gasteiger charge is 2.41.